The van der Waals surface area contributed by atoms with Crippen LogP contribution in [0.3, 0.4) is 0 Å². The first-order chi connectivity index (χ1) is 11.1. The molecule has 0 aromatic heterocycles. The fourth-order valence-corrected chi connectivity index (χ4v) is 2.73. The van der Waals surface area contributed by atoms with E-state index in [9.17, 15) is 0 Å². The molecule has 4 heteroatoms. The summed E-state index contributed by atoms with van der Waals surface area (Å²) in [6, 6.07) is 0. The van der Waals surface area contributed by atoms with Gasteiger partial charge in [0.25, 0.3) is 0 Å². The van der Waals surface area contributed by atoms with E-state index in [4.69, 9.17) is 0 Å². The fourth-order valence-electron chi connectivity index (χ4n) is 2.73. The van der Waals surface area contributed by atoms with Crippen molar-refractivity contribution in [3.63, 3.8) is 0 Å². The molecule has 0 aromatic rings. The molecule has 23 heavy (non-hydrogen) atoms. The molecule has 2 rings (SSSR count). The average molecular weight is 312 g/mol. The second kappa shape index (κ2) is 8.63. The van der Waals surface area contributed by atoms with E-state index >= 15 is 0 Å². The fraction of sp³-hybridized carbons (Fsp3) is 0.474. The Morgan fingerprint density at radius 1 is 1.17 bits per heavy atom. The van der Waals surface area contributed by atoms with Gasteiger partial charge in [-0.2, -0.15) is 5.10 Å². The van der Waals surface area contributed by atoms with Crippen molar-refractivity contribution in [3.05, 3.63) is 46.6 Å². The third kappa shape index (κ3) is 5.03. The van der Waals surface area contributed by atoms with Crippen molar-refractivity contribution in [1.82, 2.24) is 9.91 Å². The van der Waals surface area contributed by atoms with Gasteiger partial charge in [0, 0.05) is 45.0 Å². The van der Waals surface area contributed by atoms with E-state index < -0.39 is 0 Å². The Morgan fingerprint density at radius 2 is 1.91 bits per heavy atom. The molecule has 0 N–H and O–H groups in total. The van der Waals surface area contributed by atoms with E-state index in [1.807, 2.05) is 12.4 Å². The smallest absolute Gasteiger partial charge is 0.0561 e. The van der Waals surface area contributed by atoms with Crippen LogP contribution < -0.4 is 0 Å². The van der Waals surface area contributed by atoms with Crippen molar-refractivity contribution in [1.29, 1.82) is 0 Å². The number of hydrogen-bond acceptors (Lipinski definition) is 4. The lowest BCUT2D eigenvalue weighted by molar-refractivity contribution is 0.159. The van der Waals surface area contributed by atoms with Gasteiger partial charge < -0.3 is 4.90 Å². The molecule has 0 spiro atoms. The summed E-state index contributed by atoms with van der Waals surface area (Å²) >= 11 is 0. The van der Waals surface area contributed by atoms with Crippen LogP contribution in [0.1, 0.15) is 20.3 Å². The van der Waals surface area contributed by atoms with Crippen molar-refractivity contribution in [2.75, 3.05) is 40.3 Å². The Morgan fingerprint density at radius 3 is 2.61 bits per heavy atom. The standard InChI is InChI=1S/C19H28N4/c1-16-8-6-5-7-9-19(16)17(2)18(14-20-3)15-21-23-12-10-22(4)11-13-23/h5,7-9,14-15H,6,10-13H2,1-4H3/b18-17?,20-14?,21-15-. The molecule has 1 fully saturated rings. The molecule has 1 aliphatic heterocycles. The normalized spacial score (nSPS) is 21.5. The Kier molecular flexibility index (Phi) is 6.53. The predicted octanol–water partition coefficient (Wildman–Crippen LogP) is 3.07. The topological polar surface area (TPSA) is 31.2 Å². The summed E-state index contributed by atoms with van der Waals surface area (Å²) in [6.07, 6.45) is 13.6. The molecular formula is C19H28N4. The molecule has 0 aromatic carbocycles. The maximum atomic E-state index is 4.67. The highest BCUT2D eigenvalue weighted by atomic mass is 15.5. The first kappa shape index (κ1) is 17.4. The number of rotatable bonds is 4. The highest BCUT2D eigenvalue weighted by molar-refractivity contribution is 6.05. The number of likely N-dealkylation sites (N-methyl/N-ethyl adjacent to an activating group) is 1. The second-order valence-corrected chi connectivity index (χ2v) is 6.10. The van der Waals surface area contributed by atoms with Crippen LogP contribution in [0.25, 0.3) is 0 Å². The largest absolute Gasteiger partial charge is 0.303 e. The van der Waals surface area contributed by atoms with E-state index in [0.29, 0.717) is 0 Å². The van der Waals surface area contributed by atoms with Gasteiger partial charge in [-0.1, -0.05) is 24.3 Å². The maximum absolute atomic E-state index is 4.67. The van der Waals surface area contributed by atoms with Crippen LogP contribution in [0.4, 0.5) is 0 Å². The van der Waals surface area contributed by atoms with Crippen LogP contribution >= 0.6 is 0 Å². The minimum atomic E-state index is 0.979. The van der Waals surface area contributed by atoms with Gasteiger partial charge >= 0.3 is 0 Å². The summed E-state index contributed by atoms with van der Waals surface area (Å²) in [5.74, 6) is 0. The van der Waals surface area contributed by atoms with Gasteiger partial charge in [0.05, 0.1) is 6.21 Å². The lowest BCUT2D eigenvalue weighted by Crippen LogP contribution is -2.41. The monoisotopic (exact) mass is 312 g/mol. The third-order valence-electron chi connectivity index (χ3n) is 4.33. The van der Waals surface area contributed by atoms with Gasteiger partial charge in [-0.3, -0.25) is 10.0 Å². The van der Waals surface area contributed by atoms with E-state index in [1.165, 1.54) is 16.7 Å². The van der Waals surface area contributed by atoms with Gasteiger partial charge in [-0.15, -0.1) is 0 Å². The third-order valence-corrected chi connectivity index (χ3v) is 4.33. The van der Waals surface area contributed by atoms with E-state index in [2.05, 4.69) is 65.2 Å². The lowest BCUT2D eigenvalue weighted by atomic mass is 9.96. The van der Waals surface area contributed by atoms with Crippen molar-refractivity contribution in [2.45, 2.75) is 20.3 Å². The molecular weight excluding hydrogens is 284 g/mol. The Bertz CT molecular complexity index is 582. The van der Waals surface area contributed by atoms with E-state index in [0.717, 1.165) is 38.2 Å². The molecule has 0 unspecified atom stereocenters. The number of hydrazone groups is 1. The number of piperazine rings is 1. The molecule has 0 atom stereocenters. The summed E-state index contributed by atoms with van der Waals surface area (Å²) < 4.78 is 0. The highest BCUT2D eigenvalue weighted by Crippen LogP contribution is 2.23. The van der Waals surface area contributed by atoms with E-state index in [-0.39, 0.29) is 0 Å². The summed E-state index contributed by atoms with van der Waals surface area (Å²) in [6.45, 7) is 8.40. The van der Waals surface area contributed by atoms with E-state index in [1.54, 1.807) is 7.05 Å². The zero-order chi connectivity index (χ0) is 16.7. The summed E-state index contributed by atoms with van der Waals surface area (Å²) in [5.41, 5.74) is 4.86. The quantitative estimate of drug-likeness (QED) is 0.747. The maximum Gasteiger partial charge on any atom is 0.0561 e. The molecule has 0 bridgehead atoms. The Labute approximate surface area is 140 Å². The molecule has 1 heterocycles. The van der Waals surface area contributed by atoms with Crippen molar-refractivity contribution < 1.29 is 0 Å². The van der Waals surface area contributed by atoms with Crippen LogP contribution in [0.2, 0.25) is 0 Å². The van der Waals surface area contributed by atoms with Crippen molar-refractivity contribution in [2.24, 2.45) is 10.1 Å². The zero-order valence-corrected chi connectivity index (χ0v) is 14.8. The lowest BCUT2D eigenvalue weighted by Gasteiger charge is -2.30. The minimum absolute atomic E-state index is 0.979. The molecule has 1 saturated heterocycles. The number of aliphatic imine (C=N–C) groups is 1. The second-order valence-electron chi connectivity index (χ2n) is 6.10. The SMILES string of the molecule is CN=CC(/C=N\N1CCN(C)CC1)=C(C)C1=CC=CCC=C1C. The van der Waals surface area contributed by atoms with Crippen molar-refractivity contribution in [3.8, 4) is 0 Å². The molecule has 0 amide bonds. The van der Waals surface area contributed by atoms with Crippen LogP contribution in [0.5, 0.6) is 0 Å². The van der Waals surface area contributed by atoms with Gasteiger partial charge in [-0.25, -0.2) is 0 Å². The number of allylic oxidation sites excluding steroid dienone is 8. The molecule has 124 valence electrons. The van der Waals surface area contributed by atoms with Gasteiger partial charge in [0.15, 0.2) is 0 Å². The van der Waals surface area contributed by atoms with Crippen LogP contribution in [0.15, 0.2) is 56.7 Å². The van der Waals surface area contributed by atoms with Crippen LogP contribution in [-0.2, 0) is 0 Å². The van der Waals surface area contributed by atoms with Crippen molar-refractivity contribution >= 4 is 12.4 Å². The summed E-state index contributed by atoms with van der Waals surface area (Å²) in [4.78, 5) is 6.54. The molecule has 2 aliphatic rings. The van der Waals surface area contributed by atoms with Gasteiger partial charge in [0.2, 0.25) is 0 Å². The molecule has 0 saturated carbocycles. The molecule has 0 radical (unpaired) electrons. The number of hydrogen-bond donors (Lipinski definition) is 0. The molecule has 1 aliphatic carbocycles. The first-order valence-electron chi connectivity index (χ1n) is 8.26. The summed E-state index contributed by atoms with van der Waals surface area (Å²) in [7, 11) is 3.96. The Balaban J connectivity index is 2.22. The van der Waals surface area contributed by atoms with Gasteiger partial charge in [-0.05, 0) is 44.0 Å². The number of nitrogens with zero attached hydrogens (tertiary/aromatic N) is 4. The summed E-state index contributed by atoms with van der Waals surface area (Å²) in [5, 5.41) is 6.81. The van der Waals surface area contributed by atoms with Crippen LogP contribution in [-0.4, -0.2) is 62.6 Å². The Hall–Kier alpha value is -1.94. The van der Waals surface area contributed by atoms with Crippen LogP contribution in [0, 0.1) is 0 Å². The van der Waals surface area contributed by atoms with Gasteiger partial charge in [0.1, 0.15) is 0 Å². The zero-order valence-electron chi connectivity index (χ0n) is 14.8. The predicted molar refractivity (Wildman–Crippen MR) is 100 cm³/mol. The minimum Gasteiger partial charge on any atom is -0.303 e. The molecule has 4 nitrogen and oxygen atoms in total. The highest BCUT2D eigenvalue weighted by Gasteiger charge is 2.12. The first-order valence-corrected chi connectivity index (χ1v) is 8.26. The average Bonchev–Trinajstić information content (AvgIpc) is 2.77.